The van der Waals surface area contributed by atoms with Gasteiger partial charge in [-0.05, 0) is 24.6 Å². The van der Waals surface area contributed by atoms with Crippen LogP contribution >= 0.6 is 28.3 Å². The number of carbonyl (C=O) groups is 1. The van der Waals surface area contributed by atoms with Gasteiger partial charge in [0.05, 0.1) is 19.0 Å². The lowest BCUT2D eigenvalue weighted by Crippen LogP contribution is -2.49. The van der Waals surface area contributed by atoms with Crippen molar-refractivity contribution < 1.29 is 17.9 Å². The van der Waals surface area contributed by atoms with E-state index >= 15 is 0 Å². The molecule has 0 heterocycles. The summed E-state index contributed by atoms with van der Waals surface area (Å²) in [6, 6.07) is 7.21. The van der Waals surface area contributed by atoms with Crippen molar-refractivity contribution >= 4 is 44.1 Å². The number of benzene rings is 1. The lowest BCUT2D eigenvalue weighted by Gasteiger charge is -2.24. The summed E-state index contributed by atoms with van der Waals surface area (Å²) in [6.45, 7) is 2.25. The Labute approximate surface area is 151 Å². The molecule has 1 rings (SSSR count). The number of carbonyl (C=O) groups excluding carboxylic acids is 1. The SMILES string of the molecule is CC(N)(C(=O)NCCOCCS(C)(=O)=O)c1ccc(Br)cc1.Cl. The lowest BCUT2D eigenvalue weighted by atomic mass is 9.92. The molecule has 0 spiro atoms. The number of amides is 1. The summed E-state index contributed by atoms with van der Waals surface area (Å²) in [5.74, 6) is -0.351. The number of ether oxygens (including phenoxy) is 1. The van der Waals surface area contributed by atoms with Gasteiger partial charge in [-0.1, -0.05) is 28.1 Å². The van der Waals surface area contributed by atoms with E-state index in [-0.39, 0.29) is 43.8 Å². The van der Waals surface area contributed by atoms with Crippen molar-refractivity contribution in [3.8, 4) is 0 Å². The molecule has 3 N–H and O–H groups in total. The molecule has 0 fully saturated rings. The van der Waals surface area contributed by atoms with Gasteiger partial charge in [-0.3, -0.25) is 4.79 Å². The molecule has 23 heavy (non-hydrogen) atoms. The third kappa shape index (κ3) is 8.12. The number of nitrogens with two attached hydrogens (primary N) is 1. The largest absolute Gasteiger partial charge is 0.379 e. The van der Waals surface area contributed by atoms with Gasteiger partial charge in [0.15, 0.2) is 0 Å². The van der Waals surface area contributed by atoms with Crippen molar-refractivity contribution in [3.05, 3.63) is 34.3 Å². The zero-order chi connectivity index (χ0) is 16.8. The standard InChI is InChI=1S/C14H21BrN2O4S.ClH/c1-14(16,11-3-5-12(15)6-4-11)13(18)17-7-8-21-9-10-22(2,19)20;/h3-6H,7-10,16H2,1-2H3,(H,17,18);1H. The Hall–Kier alpha value is -0.670. The normalized spacial score (nSPS) is 13.7. The van der Waals surface area contributed by atoms with Crippen molar-refractivity contribution in [1.29, 1.82) is 0 Å². The van der Waals surface area contributed by atoms with Crippen LogP contribution in [0.2, 0.25) is 0 Å². The molecule has 132 valence electrons. The van der Waals surface area contributed by atoms with E-state index in [4.69, 9.17) is 10.5 Å². The van der Waals surface area contributed by atoms with Crippen LogP contribution in [0.3, 0.4) is 0 Å². The first-order chi connectivity index (χ1) is 10.1. The van der Waals surface area contributed by atoms with Crippen LogP contribution in [0.5, 0.6) is 0 Å². The fourth-order valence-corrected chi connectivity index (χ4v) is 2.34. The fraction of sp³-hybridized carbons (Fsp3) is 0.500. The second kappa shape index (κ2) is 9.58. The Balaban J connectivity index is 0.00000484. The van der Waals surface area contributed by atoms with Crippen LogP contribution in [-0.4, -0.2) is 46.1 Å². The Morgan fingerprint density at radius 2 is 1.87 bits per heavy atom. The van der Waals surface area contributed by atoms with Gasteiger partial charge in [0.25, 0.3) is 0 Å². The maximum atomic E-state index is 12.1. The van der Waals surface area contributed by atoms with E-state index < -0.39 is 15.4 Å². The monoisotopic (exact) mass is 428 g/mol. The maximum absolute atomic E-state index is 12.1. The number of rotatable bonds is 8. The first kappa shape index (κ1) is 22.3. The highest BCUT2D eigenvalue weighted by atomic mass is 79.9. The van der Waals surface area contributed by atoms with Gasteiger partial charge in [-0.25, -0.2) is 8.42 Å². The zero-order valence-electron chi connectivity index (χ0n) is 13.0. The number of nitrogens with one attached hydrogen (secondary N) is 1. The minimum absolute atomic E-state index is 0. The summed E-state index contributed by atoms with van der Waals surface area (Å²) in [4.78, 5) is 12.1. The smallest absolute Gasteiger partial charge is 0.244 e. The molecule has 0 aliphatic carbocycles. The minimum Gasteiger partial charge on any atom is -0.379 e. The van der Waals surface area contributed by atoms with Gasteiger partial charge in [-0.15, -0.1) is 12.4 Å². The van der Waals surface area contributed by atoms with Crippen molar-refractivity contribution in [2.24, 2.45) is 5.73 Å². The number of sulfone groups is 1. The lowest BCUT2D eigenvalue weighted by molar-refractivity contribution is -0.126. The molecule has 1 atom stereocenters. The second-order valence-corrected chi connectivity index (χ2v) is 8.38. The molecule has 1 amide bonds. The minimum atomic E-state index is -3.03. The van der Waals surface area contributed by atoms with Crippen molar-refractivity contribution in [1.82, 2.24) is 5.32 Å². The molecule has 1 aromatic carbocycles. The average Bonchev–Trinajstić information content (AvgIpc) is 2.41. The van der Waals surface area contributed by atoms with E-state index in [1.54, 1.807) is 19.1 Å². The van der Waals surface area contributed by atoms with E-state index in [1.807, 2.05) is 12.1 Å². The summed E-state index contributed by atoms with van der Waals surface area (Å²) in [5.41, 5.74) is 5.64. The summed E-state index contributed by atoms with van der Waals surface area (Å²) >= 11 is 3.33. The van der Waals surface area contributed by atoms with E-state index in [2.05, 4.69) is 21.2 Å². The molecule has 0 radical (unpaired) electrons. The topological polar surface area (TPSA) is 98.5 Å². The van der Waals surface area contributed by atoms with Gasteiger partial charge in [0, 0.05) is 17.3 Å². The van der Waals surface area contributed by atoms with Gasteiger partial charge in [0.2, 0.25) is 5.91 Å². The Bertz CT molecular complexity index is 606. The van der Waals surface area contributed by atoms with E-state index in [0.29, 0.717) is 5.56 Å². The molecule has 1 aromatic rings. The molecule has 0 aliphatic heterocycles. The molecular weight excluding hydrogens is 408 g/mol. The van der Waals surface area contributed by atoms with Crippen LogP contribution in [0.25, 0.3) is 0 Å². The molecular formula is C14H22BrClN2O4S. The van der Waals surface area contributed by atoms with E-state index in [9.17, 15) is 13.2 Å². The fourth-order valence-electron chi connectivity index (χ4n) is 1.66. The molecule has 0 saturated heterocycles. The highest BCUT2D eigenvalue weighted by Gasteiger charge is 2.29. The number of halogens is 2. The first-order valence-electron chi connectivity index (χ1n) is 6.71. The van der Waals surface area contributed by atoms with Gasteiger partial charge in [0.1, 0.15) is 15.4 Å². The highest BCUT2D eigenvalue weighted by Crippen LogP contribution is 2.20. The second-order valence-electron chi connectivity index (χ2n) is 5.21. The Morgan fingerprint density at radius 3 is 2.39 bits per heavy atom. The quantitative estimate of drug-likeness (QED) is 0.606. The van der Waals surface area contributed by atoms with Crippen LogP contribution in [-0.2, 0) is 24.9 Å². The predicted molar refractivity (Wildman–Crippen MR) is 96.5 cm³/mol. The van der Waals surface area contributed by atoms with Crippen LogP contribution in [0, 0.1) is 0 Å². The highest BCUT2D eigenvalue weighted by molar-refractivity contribution is 9.10. The van der Waals surface area contributed by atoms with Gasteiger partial charge >= 0.3 is 0 Å². The first-order valence-corrected chi connectivity index (χ1v) is 9.57. The van der Waals surface area contributed by atoms with Crippen molar-refractivity contribution in [2.75, 3.05) is 31.8 Å². The summed E-state index contributed by atoms with van der Waals surface area (Å²) < 4.78 is 27.9. The molecule has 9 heteroatoms. The predicted octanol–water partition coefficient (Wildman–Crippen LogP) is 1.22. The molecule has 0 saturated carbocycles. The van der Waals surface area contributed by atoms with Crippen molar-refractivity contribution in [2.45, 2.75) is 12.5 Å². The molecule has 1 unspecified atom stereocenters. The summed E-state index contributed by atoms with van der Waals surface area (Å²) in [7, 11) is -3.03. The van der Waals surface area contributed by atoms with Gasteiger partial charge in [-0.2, -0.15) is 0 Å². The zero-order valence-corrected chi connectivity index (χ0v) is 16.3. The number of hydrogen-bond acceptors (Lipinski definition) is 5. The third-order valence-corrected chi connectivity index (χ3v) is 4.48. The van der Waals surface area contributed by atoms with Crippen LogP contribution < -0.4 is 11.1 Å². The summed E-state index contributed by atoms with van der Waals surface area (Å²) in [6.07, 6.45) is 1.15. The molecule has 0 aromatic heterocycles. The number of hydrogen-bond donors (Lipinski definition) is 2. The van der Waals surface area contributed by atoms with Crippen LogP contribution in [0.4, 0.5) is 0 Å². The molecule has 6 nitrogen and oxygen atoms in total. The van der Waals surface area contributed by atoms with E-state index in [0.717, 1.165) is 10.7 Å². The average molecular weight is 430 g/mol. The van der Waals surface area contributed by atoms with E-state index in [1.165, 1.54) is 0 Å². The maximum Gasteiger partial charge on any atom is 0.244 e. The van der Waals surface area contributed by atoms with Crippen molar-refractivity contribution in [3.63, 3.8) is 0 Å². The van der Waals surface area contributed by atoms with Crippen LogP contribution in [0.1, 0.15) is 12.5 Å². The summed E-state index contributed by atoms with van der Waals surface area (Å²) in [5, 5.41) is 2.68. The van der Waals surface area contributed by atoms with Crippen LogP contribution in [0.15, 0.2) is 28.7 Å². The molecule has 0 bridgehead atoms. The third-order valence-electron chi connectivity index (χ3n) is 3.05. The Morgan fingerprint density at radius 1 is 1.30 bits per heavy atom. The molecule has 0 aliphatic rings. The Kier molecular flexibility index (Phi) is 9.30. The van der Waals surface area contributed by atoms with Gasteiger partial charge < -0.3 is 15.8 Å².